The second-order valence-electron chi connectivity index (χ2n) is 7.37. The summed E-state index contributed by atoms with van der Waals surface area (Å²) >= 11 is 0. The van der Waals surface area contributed by atoms with E-state index < -0.39 is 0 Å². The third kappa shape index (κ3) is 6.57. The van der Waals surface area contributed by atoms with Gasteiger partial charge in [0.1, 0.15) is 5.75 Å². The minimum Gasteiger partial charge on any atom is -0.473 e. The number of carbonyl (C=O) groups is 1. The van der Waals surface area contributed by atoms with Crippen molar-refractivity contribution in [3.05, 3.63) is 65.7 Å². The number of hydrogen-bond donors (Lipinski definition) is 2. The van der Waals surface area contributed by atoms with E-state index >= 15 is 0 Å². The highest BCUT2D eigenvalue weighted by molar-refractivity contribution is 5.74. The monoisotopic (exact) mass is 381 g/mol. The second kappa shape index (κ2) is 10.7. The zero-order valence-electron chi connectivity index (χ0n) is 16.7. The number of carbonyl (C=O) groups excluding carboxylic acids is 1. The topological polar surface area (TPSA) is 53.6 Å². The van der Waals surface area contributed by atoms with Gasteiger partial charge >= 0.3 is 6.03 Å². The van der Waals surface area contributed by atoms with Crippen LogP contribution in [0.1, 0.15) is 37.3 Å². The standard InChI is InChI=1S/C23H31N3O2/c1-2-6-19-9-11-22(12-10-19)28-18-24-23(27)25-21-13-15-26(16-14-21)17-20-7-4-3-5-8-20/h3-5,7-12,21H,2,6,13-18H2,1H3,(H2,24,25,27). The summed E-state index contributed by atoms with van der Waals surface area (Å²) in [6.45, 7) is 5.32. The molecule has 0 bridgehead atoms. The van der Waals surface area contributed by atoms with Crippen LogP contribution in [0.4, 0.5) is 4.79 Å². The van der Waals surface area contributed by atoms with Gasteiger partial charge in [-0.15, -0.1) is 0 Å². The number of urea groups is 1. The number of benzene rings is 2. The van der Waals surface area contributed by atoms with E-state index in [1.165, 1.54) is 11.1 Å². The van der Waals surface area contributed by atoms with Gasteiger partial charge in [0.05, 0.1) is 0 Å². The maximum Gasteiger partial charge on any atom is 0.317 e. The predicted molar refractivity (Wildman–Crippen MR) is 112 cm³/mol. The van der Waals surface area contributed by atoms with E-state index in [4.69, 9.17) is 4.74 Å². The molecular formula is C23H31N3O2. The van der Waals surface area contributed by atoms with Crippen LogP contribution in [0.2, 0.25) is 0 Å². The van der Waals surface area contributed by atoms with Crippen molar-refractivity contribution in [1.82, 2.24) is 15.5 Å². The number of piperidine rings is 1. The van der Waals surface area contributed by atoms with Crippen LogP contribution in [0, 0.1) is 0 Å². The summed E-state index contributed by atoms with van der Waals surface area (Å²) in [7, 11) is 0. The quantitative estimate of drug-likeness (QED) is 0.681. The van der Waals surface area contributed by atoms with Gasteiger partial charge in [0.25, 0.3) is 0 Å². The fourth-order valence-corrected chi connectivity index (χ4v) is 3.54. The summed E-state index contributed by atoms with van der Waals surface area (Å²) in [4.78, 5) is 14.5. The lowest BCUT2D eigenvalue weighted by molar-refractivity contribution is 0.183. The summed E-state index contributed by atoms with van der Waals surface area (Å²) in [5.41, 5.74) is 2.64. The molecule has 1 fully saturated rings. The Bertz CT molecular complexity index is 710. The molecule has 0 radical (unpaired) electrons. The second-order valence-corrected chi connectivity index (χ2v) is 7.37. The van der Waals surface area contributed by atoms with Crippen LogP contribution in [0.3, 0.4) is 0 Å². The maximum atomic E-state index is 12.1. The van der Waals surface area contributed by atoms with E-state index in [0.717, 1.165) is 51.1 Å². The van der Waals surface area contributed by atoms with Crippen molar-refractivity contribution in [2.24, 2.45) is 0 Å². The average molecular weight is 382 g/mol. The summed E-state index contributed by atoms with van der Waals surface area (Å²) in [5.74, 6) is 0.773. The van der Waals surface area contributed by atoms with Crippen LogP contribution >= 0.6 is 0 Å². The molecule has 1 aliphatic rings. The van der Waals surface area contributed by atoms with Crippen molar-refractivity contribution in [2.45, 2.75) is 45.2 Å². The predicted octanol–water partition coefficient (Wildman–Crippen LogP) is 3.94. The molecule has 0 aromatic heterocycles. The molecule has 5 heteroatoms. The first-order valence-corrected chi connectivity index (χ1v) is 10.3. The molecule has 0 saturated carbocycles. The molecule has 0 spiro atoms. The number of rotatable bonds is 8. The maximum absolute atomic E-state index is 12.1. The van der Waals surface area contributed by atoms with Crippen molar-refractivity contribution in [3.8, 4) is 5.75 Å². The molecule has 2 N–H and O–H groups in total. The number of aryl methyl sites for hydroxylation is 1. The van der Waals surface area contributed by atoms with Crippen LogP contribution in [0.25, 0.3) is 0 Å². The van der Waals surface area contributed by atoms with Crippen molar-refractivity contribution < 1.29 is 9.53 Å². The molecule has 150 valence electrons. The lowest BCUT2D eigenvalue weighted by Crippen LogP contribution is -2.48. The van der Waals surface area contributed by atoms with Gasteiger partial charge in [0, 0.05) is 25.7 Å². The molecule has 0 unspecified atom stereocenters. The Morgan fingerprint density at radius 3 is 2.43 bits per heavy atom. The molecule has 0 atom stereocenters. The van der Waals surface area contributed by atoms with Gasteiger partial charge in [-0.2, -0.15) is 0 Å². The van der Waals surface area contributed by atoms with Gasteiger partial charge < -0.3 is 15.4 Å². The molecule has 2 aromatic rings. The summed E-state index contributed by atoms with van der Waals surface area (Å²) in [6.07, 6.45) is 4.15. The molecule has 1 aliphatic heterocycles. The molecule has 3 rings (SSSR count). The molecule has 28 heavy (non-hydrogen) atoms. The third-order valence-corrected chi connectivity index (χ3v) is 5.11. The first-order chi connectivity index (χ1) is 13.7. The van der Waals surface area contributed by atoms with Gasteiger partial charge in [0.2, 0.25) is 0 Å². The number of nitrogens with one attached hydrogen (secondary N) is 2. The average Bonchev–Trinajstić information content (AvgIpc) is 2.72. The van der Waals surface area contributed by atoms with Gasteiger partial charge in [-0.3, -0.25) is 4.90 Å². The minimum absolute atomic E-state index is 0.163. The van der Waals surface area contributed by atoms with Crippen LogP contribution in [0.15, 0.2) is 54.6 Å². The first-order valence-electron chi connectivity index (χ1n) is 10.3. The van der Waals surface area contributed by atoms with Crippen LogP contribution in [0.5, 0.6) is 5.75 Å². The molecule has 2 aromatic carbocycles. The zero-order chi connectivity index (χ0) is 19.6. The smallest absolute Gasteiger partial charge is 0.317 e. The zero-order valence-corrected chi connectivity index (χ0v) is 16.7. The van der Waals surface area contributed by atoms with Gasteiger partial charge in [-0.05, 0) is 42.5 Å². The van der Waals surface area contributed by atoms with Crippen molar-refractivity contribution in [1.29, 1.82) is 0 Å². The Hall–Kier alpha value is -2.53. The lowest BCUT2D eigenvalue weighted by atomic mass is 10.0. The fraction of sp³-hybridized carbons (Fsp3) is 0.435. The van der Waals surface area contributed by atoms with Gasteiger partial charge in [0.15, 0.2) is 6.73 Å². The van der Waals surface area contributed by atoms with E-state index in [1.54, 1.807) is 0 Å². The molecule has 0 aliphatic carbocycles. The highest BCUT2D eigenvalue weighted by Gasteiger charge is 2.20. The highest BCUT2D eigenvalue weighted by atomic mass is 16.5. The Kier molecular flexibility index (Phi) is 7.73. The number of hydrogen-bond acceptors (Lipinski definition) is 3. The van der Waals surface area contributed by atoms with Crippen molar-refractivity contribution in [2.75, 3.05) is 19.8 Å². The van der Waals surface area contributed by atoms with E-state index in [9.17, 15) is 4.79 Å². The number of ether oxygens (including phenoxy) is 1. The number of amides is 2. The van der Waals surface area contributed by atoms with Crippen LogP contribution in [-0.4, -0.2) is 36.8 Å². The molecule has 1 heterocycles. The lowest BCUT2D eigenvalue weighted by Gasteiger charge is -2.32. The van der Waals surface area contributed by atoms with Crippen LogP contribution < -0.4 is 15.4 Å². The largest absolute Gasteiger partial charge is 0.473 e. The molecule has 5 nitrogen and oxygen atoms in total. The molecule has 2 amide bonds. The first kappa shape index (κ1) is 20.2. The van der Waals surface area contributed by atoms with Gasteiger partial charge in [-0.25, -0.2) is 4.79 Å². The summed E-state index contributed by atoms with van der Waals surface area (Å²) < 4.78 is 5.60. The van der Waals surface area contributed by atoms with Crippen molar-refractivity contribution in [3.63, 3.8) is 0 Å². The third-order valence-electron chi connectivity index (χ3n) is 5.11. The number of nitrogens with zero attached hydrogens (tertiary/aromatic N) is 1. The summed E-state index contributed by atoms with van der Waals surface area (Å²) in [6, 6.07) is 18.6. The Labute approximate surface area is 168 Å². The van der Waals surface area contributed by atoms with E-state index in [2.05, 4.69) is 58.9 Å². The summed E-state index contributed by atoms with van der Waals surface area (Å²) in [5, 5.41) is 5.84. The highest BCUT2D eigenvalue weighted by Crippen LogP contribution is 2.14. The van der Waals surface area contributed by atoms with Gasteiger partial charge in [-0.1, -0.05) is 55.8 Å². The van der Waals surface area contributed by atoms with E-state index in [1.807, 2.05) is 18.2 Å². The Morgan fingerprint density at radius 1 is 1.04 bits per heavy atom. The Morgan fingerprint density at radius 2 is 1.75 bits per heavy atom. The normalized spacial score (nSPS) is 15.2. The Balaban J connectivity index is 1.31. The fourth-order valence-electron chi connectivity index (χ4n) is 3.54. The molecular weight excluding hydrogens is 350 g/mol. The SMILES string of the molecule is CCCc1ccc(OCNC(=O)NC2CCN(Cc3ccccc3)CC2)cc1. The number of likely N-dealkylation sites (tertiary alicyclic amines) is 1. The van der Waals surface area contributed by atoms with Crippen LogP contribution in [-0.2, 0) is 13.0 Å². The van der Waals surface area contributed by atoms with E-state index in [-0.39, 0.29) is 18.8 Å². The van der Waals surface area contributed by atoms with E-state index in [0.29, 0.717) is 0 Å². The molecule has 1 saturated heterocycles. The van der Waals surface area contributed by atoms with Crippen molar-refractivity contribution >= 4 is 6.03 Å². The minimum atomic E-state index is -0.163.